The third kappa shape index (κ3) is 4.43. The number of fused-ring (bicyclic) bond motifs is 1. The monoisotopic (exact) mass is 297 g/mol. The van der Waals surface area contributed by atoms with Gasteiger partial charge in [0.05, 0.1) is 5.69 Å². The van der Waals surface area contributed by atoms with E-state index in [1.165, 1.54) is 6.92 Å². The maximum absolute atomic E-state index is 11.3. The van der Waals surface area contributed by atoms with Gasteiger partial charge in [-0.3, -0.25) is 9.78 Å². The molecule has 1 aromatic carbocycles. The molecule has 0 N–H and O–H groups in total. The molecule has 108 valence electrons. The lowest BCUT2D eigenvalue weighted by atomic mass is 10.1. The highest BCUT2D eigenvalue weighted by Crippen LogP contribution is 2.20. The Kier molecular flexibility index (Phi) is 4.44. The van der Waals surface area contributed by atoms with Crippen LogP contribution >= 0.6 is 0 Å². The molecule has 0 radical (unpaired) electrons. The Balaban J connectivity index is 2.42. The van der Waals surface area contributed by atoms with Crippen LogP contribution in [0.4, 0.5) is 0 Å². The smallest absolute Gasteiger partial charge is 0.304 e. The molecular weight excluding hydrogens is 278 g/mol. The molecule has 0 saturated heterocycles. The first-order valence-electron chi connectivity index (χ1n) is 6.90. The summed E-state index contributed by atoms with van der Waals surface area (Å²) in [4.78, 5) is 15.7. The summed E-state index contributed by atoms with van der Waals surface area (Å²) in [6.45, 7) is 7.85. The highest BCUT2D eigenvalue weighted by Gasteiger charge is 2.16. The van der Waals surface area contributed by atoms with Gasteiger partial charge in [0.2, 0.25) is 6.10 Å². The van der Waals surface area contributed by atoms with Gasteiger partial charge in [-0.05, 0) is 11.5 Å². The lowest BCUT2D eigenvalue weighted by molar-refractivity contribution is -0.144. The Labute approximate surface area is 126 Å². The second-order valence-corrected chi connectivity index (χ2v) is 10.7. The number of pyridine rings is 1. The van der Waals surface area contributed by atoms with Crippen molar-refractivity contribution in [1.29, 1.82) is 0 Å². The normalized spacial score (nSPS) is 12.4. The van der Waals surface area contributed by atoms with E-state index in [9.17, 15) is 4.79 Å². The van der Waals surface area contributed by atoms with Crippen LogP contribution in [0.25, 0.3) is 10.8 Å². The van der Waals surface area contributed by atoms with Crippen LogP contribution in [0.2, 0.25) is 19.6 Å². The zero-order valence-electron chi connectivity index (χ0n) is 12.8. The fraction of sp³-hybridized carbons (Fsp3) is 0.294. The number of rotatable bonds is 2. The van der Waals surface area contributed by atoms with Crippen molar-refractivity contribution in [1.82, 2.24) is 4.98 Å². The minimum absolute atomic E-state index is 0.347. The Bertz CT molecular complexity index is 723. The van der Waals surface area contributed by atoms with Crippen molar-refractivity contribution < 1.29 is 9.53 Å². The number of ether oxygens (including phenoxy) is 1. The molecule has 21 heavy (non-hydrogen) atoms. The summed E-state index contributed by atoms with van der Waals surface area (Å²) in [6, 6.07) is 9.89. The van der Waals surface area contributed by atoms with Gasteiger partial charge < -0.3 is 4.74 Å². The maximum atomic E-state index is 11.3. The SMILES string of the molecule is CC(=O)O[C@@H](C#C[Si](C)(C)C)c1cc2ccccc2cn1. The third-order valence-electron chi connectivity index (χ3n) is 2.78. The number of hydrogen-bond acceptors (Lipinski definition) is 3. The molecule has 0 spiro atoms. The molecule has 2 aromatic rings. The largest absolute Gasteiger partial charge is 0.443 e. The molecule has 2 rings (SSSR count). The van der Waals surface area contributed by atoms with Crippen molar-refractivity contribution in [3.63, 3.8) is 0 Å². The van der Waals surface area contributed by atoms with E-state index in [0.717, 1.165) is 10.8 Å². The average molecular weight is 297 g/mol. The van der Waals surface area contributed by atoms with E-state index in [4.69, 9.17) is 4.74 Å². The maximum Gasteiger partial charge on any atom is 0.304 e. The van der Waals surface area contributed by atoms with Crippen LogP contribution in [0.15, 0.2) is 36.5 Å². The summed E-state index contributed by atoms with van der Waals surface area (Å²) in [7, 11) is -1.54. The third-order valence-corrected chi connectivity index (χ3v) is 3.68. The summed E-state index contributed by atoms with van der Waals surface area (Å²) in [5.41, 5.74) is 3.92. The molecule has 0 saturated carbocycles. The zero-order valence-corrected chi connectivity index (χ0v) is 13.8. The minimum Gasteiger partial charge on any atom is -0.443 e. The summed E-state index contributed by atoms with van der Waals surface area (Å²) in [5, 5.41) is 2.12. The predicted octanol–water partition coefficient (Wildman–Crippen LogP) is 3.72. The van der Waals surface area contributed by atoms with Crippen molar-refractivity contribution in [2.75, 3.05) is 0 Å². The van der Waals surface area contributed by atoms with Gasteiger partial charge in [0.25, 0.3) is 0 Å². The number of aromatic nitrogens is 1. The molecule has 0 unspecified atom stereocenters. The first kappa shape index (κ1) is 15.3. The van der Waals surface area contributed by atoms with E-state index in [1.807, 2.05) is 30.3 Å². The van der Waals surface area contributed by atoms with Crippen LogP contribution in [-0.4, -0.2) is 19.0 Å². The molecule has 0 amide bonds. The second-order valence-electron chi connectivity index (χ2n) is 5.97. The van der Waals surface area contributed by atoms with E-state index in [-0.39, 0.29) is 5.97 Å². The van der Waals surface area contributed by atoms with Crippen LogP contribution in [0.5, 0.6) is 0 Å². The van der Waals surface area contributed by atoms with Crippen LogP contribution in [0, 0.1) is 11.5 Å². The average Bonchev–Trinajstić information content (AvgIpc) is 2.41. The lowest BCUT2D eigenvalue weighted by Gasteiger charge is -2.12. The van der Waals surface area contributed by atoms with Gasteiger partial charge in [-0.15, -0.1) is 5.54 Å². The number of nitrogens with zero attached hydrogens (tertiary/aromatic N) is 1. The molecular formula is C17H19NO2Si. The first-order valence-corrected chi connectivity index (χ1v) is 10.4. The van der Waals surface area contributed by atoms with Crippen molar-refractivity contribution in [2.45, 2.75) is 32.7 Å². The molecule has 0 aliphatic heterocycles. The number of carbonyl (C=O) groups excluding carboxylic acids is 1. The van der Waals surface area contributed by atoms with Gasteiger partial charge in [-0.1, -0.05) is 49.8 Å². The molecule has 1 aromatic heterocycles. The minimum atomic E-state index is -1.54. The molecule has 3 nitrogen and oxygen atoms in total. The Morgan fingerprint density at radius 1 is 1.24 bits per heavy atom. The number of carbonyl (C=O) groups is 1. The van der Waals surface area contributed by atoms with E-state index < -0.39 is 14.2 Å². The van der Waals surface area contributed by atoms with Gasteiger partial charge in [0.1, 0.15) is 8.07 Å². The Morgan fingerprint density at radius 2 is 1.90 bits per heavy atom. The van der Waals surface area contributed by atoms with E-state index in [2.05, 4.69) is 36.1 Å². The lowest BCUT2D eigenvalue weighted by Crippen LogP contribution is -2.18. The van der Waals surface area contributed by atoms with Crippen molar-refractivity contribution in [3.8, 4) is 11.5 Å². The first-order chi connectivity index (χ1) is 9.85. The van der Waals surface area contributed by atoms with Crippen molar-refractivity contribution in [2.24, 2.45) is 0 Å². The zero-order chi connectivity index (χ0) is 15.5. The summed E-state index contributed by atoms with van der Waals surface area (Å²) >= 11 is 0. The predicted molar refractivity (Wildman–Crippen MR) is 87.4 cm³/mol. The van der Waals surface area contributed by atoms with Gasteiger partial charge in [0.15, 0.2) is 0 Å². The topological polar surface area (TPSA) is 39.2 Å². The van der Waals surface area contributed by atoms with Crippen molar-refractivity contribution in [3.05, 3.63) is 42.2 Å². The van der Waals surface area contributed by atoms with Gasteiger partial charge in [-0.25, -0.2) is 0 Å². The van der Waals surface area contributed by atoms with E-state index in [1.54, 1.807) is 6.20 Å². The fourth-order valence-corrected chi connectivity index (χ4v) is 2.42. The molecule has 0 fully saturated rings. The van der Waals surface area contributed by atoms with Crippen LogP contribution in [-0.2, 0) is 9.53 Å². The summed E-state index contributed by atoms with van der Waals surface area (Å²) in [5.74, 6) is 2.73. The summed E-state index contributed by atoms with van der Waals surface area (Å²) < 4.78 is 5.33. The Hall–Kier alpha value is -2.12. The van der Waals surface area contributed by atoms with Crippen LogP contribution in [0.3, 0.4) is 0 Å². The van der Waals surface area contributed by atoms with Crippen molar-refractivity contribution >= 4 is 24.8 Å². The molecule has 0 bridgehead atoms. The van der Waals surface area contributed by atoms with Gasteiger partial charge in [-0.2, -0.15) is 0 Å². The number of hydrogen-bond donors (Lipinski definition) is 0. The van der Waals surface area contributed by atoms with E-state index >= 15 is 0 Å². The standard InChI is InChI=1S/C17H19NO2Si/c1-13(19)20-17(9-10-21(2,3)4)16-11-14-7-5-6-8-15(14)12-18-16/h5-8,11-12,17H,1-4H3/t17-/m0/s1. The molecule has 0 aliphatic carbocycles. The molecule has 4 heteroatoms. The van der Waals surface area contributed by atoms with Crippen LogP contribution in [0.1, 0.15) is 18.7 Å². The quantitative estimate of drug-likeness (QED) is 0.482. The highest BCUT2D eigenvalue weighted by atomic mass is 28.3. The van der Waals surface area contributed by atoms with E-state index in [0.29, 0.717) is 5.69 Å². The van der Waals surface area contributed by atoms with Gasteiger partial charge in [0, 0.05) is 18.5 Å². The molecule has 1 heterocycles. The number of esters is 1. The molecule has 1 atom stereocenters. The second kappa shape index (κ2) is 6.11. The summed E-state index contributed by atoms with van der Waals surface area (Å²) in [6.07, 6.45) is 1.19. The Morgan fingerprint density at radius 3 is 2.52 bits per heavy atom. The van der Waals surface area contributed by atoms with Crippen LogP contribution < -0.4 is 0 Å². The highest BCUT2D eigenvalue weighted by molar-refractivity contribution is 6.83. The fourth-order valence-electron chi connectivity index (χ4n) is 1.86. The number of benzene rings is 1. The van der Waals surface area contributed by atoms with Gasteiger partial charge >= 0.3 is 5.97 Å². The molecule has 0 aliphatic rings.